The number of hydrogen-bond acceptors (Lipinski definition) is 15. The molecule has 0 aromatic heterocycles. The molecule has 1 unspecified atom stereocenters. The van der Waals surface area contributed by atoms with Crippen LogP contribution in [0.5, 0.6) is 0 Å². The Hall–Kier alpha value is -2.96. The van der Waals surface area contributed by atoms with Gasteiger partial charge >= 0.3 is 29.9 Å². The quantitative estimate of drug-likeness (QED) is 0.0128. The van der Waals surface area contributed by atoms with Gasteiger partial charge in [-0.1, -0.05) is 341 Å². The summed E-state index contributed by atoms with van der Waals surface area (Å²) in [6.07, 6.45) is 68.4. The van der Waals surface area contributed by atoms with E-state index in [0.29, 0.717) is 42.0 Å². The lowest BCUT2D eigenvalue weighted by atomic mass is 10.0. The number of urea groups is 1. The van der Waals surface area contributed by atoms with Crippen molar-refractivity contribution in [3.05, 3.63) is 0 Å². The van der Waals surface area contributed by atoms with Crippen LogP contribution in [-0.4, -0.2) is 136 Å². The third-order valence-electron chi connectivity index (χ3n) is 21.0. The zero-order valence-electron chi connectivity index (χ0n) is 68.2. The lowest BCUT2D eigenvalue weighted by Gasteiger charge is -2.28. The molecular formula is C85H161N4O14PS. The highest BCUT2D eigenvalue weighted by Crippen LogP contribution is 2.39. The molecule has 0 spiro atoms. The fourth-order valence-corrected chi connectivity index (χ4v) is 16.5. The fraction of sp³-hybridized carbons (Fsp3) is 0.929. The summed E-state index contributed by atoms with van der Waals surface area (Å²) in [5.41, 5.74) is 0. The molecule has 2 fully saturated rings. The van der Waals surface area contributed by atoms with Gasteiger partial charge in [-0.25, -0.2) is 4.79 Å². The van der Waals surface area contributed by atoms with Crippen molar-refractivity contribution in [2.45, 2.75) is 441 Å². The van der Waals surface area contributed by atoms with Crippen LogP contribution in [0.2, 0.25) is 0 Å². The minimum Gasteiger partial charge on any atom is -0.756 e. The van der Waals surface area contributed by atoms with E-state index in [9.17, 15) is 38.2 Å². The van der Waals surface area contributed by atoms with Gasteiger partial charge in [0.2, 0.25) is 5.91 Å². The lowest BCUT2D eigenvalue weighted by molar-refractivity contribution is -0.870. The average molecular weight is 1530 g/mol. The molecule has 3 N–H and O–H groups in total. The molecular weight excluding hydrogens is 1360 g/mol. The second-order valence-electron chi connectivity index (χ2n) is 32.2. The number of quaternary nitrogens is 1. The number of nitrogens with zero attached hydrogens (tertiary/aromatic N) is 1. The van der Waals surface area contributed by atoms with Gasteiger partial charge < -0.3 is 53.3 Å². The molecule has 2 aliphatic heterocycles. The molecule has 0 aliphatic carbocycles. The Kier molecular flexibility index (Phi) is 64.5. The van der Waals surface area contributed by atoms with E-state index in [0.717, 1.165) is 102 Å². The highest BCUT2D eigenvalue weighted by Gasteiger charge is 2.42. The van der Waals surface area contributed by atoms with Crippen molar-refractivity contribution in [1.29, 1.82) is 0 Å². The number of esters is 4. The van der Waals surface area contributed by atoms with E-state index in [2.05, 4.69) is 29.8 Å². The van der Waals surface area contributed by atoms with Gasteiger partial charge in [0.05, 0.1) is 46.4 Å². The van der Waals surface area contributed by atoms with Gasteiger partial charge in [0.1, 0.15) is 26.4 Å². The van der Waals surface area contributed by atoms with Gasteiger partial charge in [-0.15, -0.1) is 0 Å². The molecule has 20 heteroatoms. The van der Waals surface area contributed by atoms with E-state index in [-0.39, 0.29) is 81.1 Å². The summed E-state index contributed by atoms with van der Waals surface area (Å²) in [6.45, 7) is 4.25. The van der Waals surface area contributed by atoms with Crippen LogP contribution in [0, 0.1) is 0 Å². The van der Waals surface area contributed by atoms with E-state index in [4.69, 9.17) is 28.0 Å². The smallest absolute Gasteiger partial charge is 0.315 e. The third kappa shape index (κ3) is 63.4. The number of likely N-dealkylation sites (N-methyl/N-ethyl adjacent to an activating group) is 1. The number of rotatable bonds is 79. The van der Waals surface area contributed by atoms with Gasteiger partial charge in [-0.3, -0.25) is 28.5 Å². The zero-order chi connectivity index (χ0) is 76.2. The van der Waals surface area contributed by atoms with Crippen molar-refractivity contribution >= 4 is 55.4 Å². The Bertz CT molecular complexity index is 2160. The molecule has 0 aromatic carbocycles. The van der Waals surface area contributed by atoms with Gasteiger partial charge in [-0.2, -0.15) is 11.8 Å². The van der Waals surface area contributed by atoms with Crippen LogP contribution in [0.25, 0.3) is 0 Å². The Morgan fingerprint density at radius 3 is 1.10 bits per heavy atom. The highest BCUT2D eigenvalue weighted by molar-refractivity contribution is 8.00. The van der Waals surface area contributed by atoms with Crippen molar-refractivity contribution in [1.82, 2.24) is 16.0 Å². The molecule has 2 aliphatic rings. The van der Waals surface area contributed by atoms with Crippen LogP contribution in [0.4, 0.5) is 4.79 Å². The Balaban J connectivity index is 1.44. The van der Waals surface area contributed by atoms with Crippen LogP contribution in [0.15, 0.2) is 0 Å². The molecule has 6 atom stereocenters. The summed E-state index contributed by atoms with van der Waals surface area (Å²) in [4.78, 5) is 88.4. The summed E-state index contributed by atoms with van der Waals surface area (Å²) in [5, 5.41) is 9.31. The molecule has 2 rings (SSSR count). The molecule has 616 valence electrons. The molecule has 18 nitrogen and oxygen atoms in total. The number of nitrogens with one attached hydrogen (secondary N) is 3. The molecule has 3 amide bonds. The SMILES string of the molecule is CCCCCCCCCCCCCCCC(=O)OC[C@H](COP(=O)([O-])OCC[N+](C)(C)C)OC(=O)CCCCCCCCCCCCCCCCCCCCCCCCCCCCCCC(=O)O[C@@H](CNC(=O)CCCC[C@@H]1SC[C@@H]2NC(=O)N[C@@H]21)COC(=O)CCCCCCCCCCCCCCC. The minimum absolute atomic E-state index is 0.0397. The van der Waals surface area contributed by atoms with E-state index >= 15 is 0 Å². The summed E-state index contributed by atoms with van der Waals surface area (Å²) in [6, 6.07) is 0.260. The summed E-state index contributed by atoms with van der Waals surface area (Å²) < 4.78 is 45.7. The van der Waals surface area contributed by atoms with Gasteiger partial charge in [-0.05, 0) is 38.5 Å². The van der Waals surface area contributed by atoms with E-state index in [1.165, 1.54) is 263 Å². The number of thioether (sulfide) groups is 1. The zero-order valence-corrected chi connectivity index (χ0v) is 69.9. The lowest BCUT2D eigenvalue weighted by Crippen LogP contribution is -2.38. The van der Waals surface area contributed by atoms with Crippen LogP contribution < -0.4 is 20.8 Å². The van der Waals surface area contributed by atoms with Crippen LogP contribution >= 0.6 is 19.6 Å². The topological polar surface area (TPSA) is 234 Å². The Morgan fingerprint density at radius 2 is 0.743 bits per heavy atom. The summed E-state index contributed by atoms with van der Waals surface area (Å²) in [7, 11) is 1.14. The summed E-state index contributed by atoms with van der Waals surface area (Å²) in [5.74, 6) is -0.621. The Morgan fingerprint density at radius 1 is 0.429 bits per heavy atom. The number of carbonyl (C=O) groups excluding carboxylic acids is 6. The van der Waals surface area contributed by atoms with E-state index < -0.39 is 32.6 Å². The first-order chi connectivity index (χ1) is 51.0. The first-order valence-electron chi connectivity index (χ1n) is 44.1. The molecule has 2 heterocycles. The van der Waals surface area contributed by atoms with Crippen LogP contribution in [0.1, 0.15) is 412 Å². The Labute approximate surface area is 646 Å². The molecule has 0 radical (unpaired) electrons. The van der Waals surface area contributed by atoms with Crippen molar-refractivity contribution in [2.24, 2.45) is 0 Å². The predicted octanol–water partition coefficient (Wildman–Crippen LogP) is 21.6. The maximum atomic E-state index is 13.0. The second-order valence-corrected chi connectivity index (χ2v) is 34.9. The number of amides is 3. The minimum atomic E-state index is -4.65. The predicted molar refractivity (Wildman–Crippen MR) is 430 cm³/mol. The van der Waals surface area contributed by atoms with Crippen molar-refractivity contribution < 1.29 is 70.7 Å². The number of phosphoric ester groups is 1. The molecule has 105 heavy (non-hydrogen) atoms. The molecule has 0 bridgehead atoms. The van der Waals surface area contributed by atoms with Crippen molar-refractivity contribution in [3.8, 4) is 0 Å². The maximum Gasteiger partial charge on any atom is 0.315 e. The first-order valence-corrected chi connectivity index (χ1v) is 46.6. The number of unbranched alkanes of at least 4 members (excludes halogenated alkanes) is 52. The number of fused-ring (bicyclic) bond motifs is 1. The van der Waals surface area contributed by atoms with E-state index in [1.807, 2.05) is 32.9 Å². The first kappa shape index (κ1) is 98.1. The van der Waals surface area contributed by atoms with Gasteiger partial charge in [0.15, 0.2) is 12.2 Å². The van der Waals surface area contributed by atoms with Crippen molar-refractivity contribution in [3.63, 3.8) is 0 Å². The fourth-order valence-electron chi connectivity index (χ4n) is 14.2. The number of ether oxygens (including phenoxy) is 4. The summed E-state index contributed by atoms with van der Waals surface area (Å²) >= 11 is 1.88. The average Bonchev–Trinajstić information content (AvgIpc) is 1.67. The largest absolute Gasteiger partial charge is 0.756 e. The van der Waals surface area contributed by atoms with Crippen LogP contribution in [0.3, 0.4) is 0 Å². The maximum absolute atomic E-state index is 13.0. The number of phosphoric acid groups is 1. The second kappa shape index (κ2) is 69.0. The molecule has 0 aromatic rings. The van der Waals surface area contributed by atoms with Gasteiger partial charge in [0, 0.05) is 43.1 Å². The van der Waals surface area contributed by atoms with Gasteiger partial charge in [0.25, 0.3) is 7.82 Å². The number of carbonyl (C=O) groups is 6. The van der Waals surface area contributed by atoms with Crippen LogP contribution in [-0.2, 0) is 56.5 Å². The standard InChI is InChI=1S/C85H161N4O14PS/c1-6-8-10-12-14-16-18-36-40-44-48-52-56-64-80(91)98-71-75(70-86-79(90)63-61-60-62-78-84-77(74-105-78)87-85(95)88-84)102-82(93)66-58-54-50-46-42-38-34-32-30-28-26-24-22-20-21-23-25-27-29-31-33-35-39-43-47-51-55-59-67-83(94)103-76(73-101-104(96,97)100-69-68-89(3,4)5)72-99-81(92)65-57-53-49-45-41-37-19-17-15-13-11-9-7-2/h75-78,84H,6-74H2,1-5H3,(H3-,86,87,88,90,95,96,97)/t75-,76+,77-,78-,84-/m0/s1. The highest BCUT2D eigenvalue weighted by atomic mass is 32.2. The molecule has 2 saturated heterocycles. The number of hydrogen-bond donors (Lipinski definition) is 3. The van der Waals surface area contributed by atoms with E-state index in [1.54, 1.807) is 0 Å². The third-order valence-corrected chi connectivity index (χ3v) is 23.4. The normalized spacial score (nSPS) is 16.1. The molecule has 0 saturated carbocycles. The monoisotopic (exact) mass is 1530 g/mol. The van der Waals surface area contributed by atoms with Crippen molar-refractivity contribution in [2.75, 3.05) is 66.4 Å².